The summed E-state index contributed by atoms with van der Waals surface area (Å²) < 4.78 is 16.9. The van der Waals surface area contributed by atoms with Crippen LogP contribution in [-0.2, 0) is 15.2 Å². The van der Waals surface area contributed by atoms with E-state index in [-0.39, 0.29) is 18.6 Å². The molecule has 0 unspecified atom stereocenters. The second-order valence-corrected chi connectivity index (χ2v) is 8.15. The molecular formula is C20H21N5O4S2. The summed E-state index contributed by atoms with van der Waals surface area (Å²) in [5, 5.41) is 2.96. The maximum atomic E-state index is 12.4. The van der Waals surface area contributed by atoms with Crippen molar-refractivity contribution in [2.45, 2.75) is 12.7 Å². The number of benzene rings is 1. The fourth-order valence-corrected chi connectivity index (χ4v) is 4.16. The van der Waals surface area contributed by atoms with Gasteiger partial charge in [0.1, 0.15) is 15.4 Å². The molecule has 162 valence electrons. The van der Waals surface area contributed by atoms with Gasteiger partial charge in [0.25, 0.3) is 0 Å². The van der Waals surface area contributed by atoms with Crippen molar-refractivity contribution in [3.8, 4) is 0 Å². The van der Waals surface area contributed by atoms with Gasteiger partial charge in [-0.15, -0.1) is 0 Å². The minimum absolute atomic E-state index is 0.264. The van der Waals surface area contributed by atoms with E-state index in [0.29, 0.717) is 35.8 Å². The van der Waals surface area contributed by atoms with Crippen LogP contribution in [0, 0.1) is 0 Å². The number of nitrogens with one attached hydrogen (secondary N) is 1. The fraction of sp³-hybridized carbons (Fsp3) is 0.350. The van der Waals surface area contributed by atoms with Gasteiger partial charge in [0.15, 0.2) is 5.58 Å². The molecule has 4 rings (SSSR count). The Morgan fingerprint density at radius 3 is 2.87 bits per heavy atom. The van der Waals surface area contributed by atoms with E-state index in [1.54, 1.807) is 6.92 Å². The molecule has 1 aliphatic rings. The smallest absolute Gasteiger partial charge is 0.341 e. The number of nitrogens with zero attached hydrogens (tertiary/aromatic N) is 4. The molecule has 3 heterocycles. The summed E-state index contributed by atoms with van der Waals surface area (Å²) in [6.07, 6.45) is 1.45. The topological polar surface area (TPSA) is 103 Å². The molecule has 0 radical (unpaired) electrons. The molecule has 31 heavy (non-hydrogen) atoms. The highest BCUT2D eigenvalue weighted by Gasteiger charge is 2.20. The molecule has 0 aliphatic carbocycles. The van der Waals surface area contributed by atoms with Gasteiger partial charge in [-0.05, 0) is 19.1 Å². The average Bonchev–Trinajstić information content (AvgIpc) is 3.20. The number of fused-ring (bicyclic) bond motifs is 1. The lowest BCUT2D eigenvalue weighted by Crippen LogP contribution is -2.38. The summed E-state index contributed by atoms with van der Waals surface area (Å²) >= 11 is 6.98. The number of ether oxygens (including phenoxy) is 2. The monoisotopic (exact) mass is 459 g/mol. The van der Waals surface area contributed by atoms with E-state index in [9.17, 15) is 4.79 Å². The van der Waals surface area contributed by atoms with E-state index in [2.05, 4.69) is 25.2 Å². The highest BCUT2D eigenvalue weighted by atomic mass is 32.2. The second kappa shape index (κ2) is 10.0. The Bertz CT molecular complexity index is 1050. The number of esters is 1. The van der Waals surface area contributed by atoms with Crippen molar-refractivity contribution in [2.75, 3.05) is 38.2 Å². The van der Waals surface area contributed by atoms with Crippen molar-refractivity contribution in [1.82, 2.24) is 19.9 Å². The lowest BCUT2D eigenvalue weighted by Gasteiger charge is -2.28. The van der Waals surface area contributed by atoms with Crippen LogP contribution in [0.15, 0.2) is 34.9 Å². The van der Waals surface area contributed by atoms with Crippen LogP contribution >= 0.6 is 24.0 Å². The molecular weight excluding hydrogens is 438 g/mol. The minimum Gasteiger partial charge on any atom is -0.462 e. The van der Waals surface area contributed by atoms with Gasteiger partial charge in [0.05, 0.1) is 25.5 Å². The van der Waals surface area contributed by atoms with Crippen LogP contribution in [0.3, 0.4) is 0 Å². The Kier molecular flexibility index (Phi) is 6.95. The SMILES string of the molecule is CCOC(=O)c1cnc(Nc2nc3ccccc3o2)nc1CSC(=S)N1CCOCC1. The van der Waals surface area contributed by atoms with Crippen molar-refractivity contribution < 1.29 is 18.7 Å². The third-order valence-electron chi connectivity index (χ3n) is 4.48. The largest absolute Gasteiger partial charge is 0.462 e. The van der Waals surface area contributed by atoms with Crippen LogP contribution in [0.1, 0.15) is 23.0 Å². The summed E-state index contributed by atoms with van der Waals surface area (Å²) in [6, 6.07) is 7.70. The standard InChI is InChI=1S/C20H21N5O4S2/c1-2-28-17(26)13-11-21-18(24-19-23-14-5-3-4-6-16(14)29-19)22-15(13)12-31-20(30)25-7-9-27-10-8-25/h3-6,11H,2,7-10,12H2,1H3,(H,21,22,23,24). The first-order chi connectivity index (χ1) is 15.1. The van der Waals surface area contributed by atoms with Gasteiger partial charge >= 0.3 is 12.0 Å². The second-order valence-electron chi connectivity index (χ2n) is 6.54. The van der Waals surface area contributed by atoms with Gasteiger partial charge in [-0.1, -0.05) is 36.1 Å². The zero-order valence-electron chi connectivity index (χ0n) is 16.9. The summed E-state index contributed by atoms with van der Waals surface area (Å²) in [7, 11) is 0. The molecule has 1 aromatic carbocycles. The number of hydrogen-bond donors (Lipinski definition) is 1. The number of hydrogen-bond acceptors (Lipinski definition) is 10. The summed E-state index contributed by atoms with van der Waals surface area (Å²) in [6.45, 7) is 4.84. The van der Waals surface area contributed by atoms with Crippen LogP contribution in [0.5, 0.6) is 0 Å². The fourth-order valence-electron chi connectivity index (χ4n) is 2.96. The maximum absolute atomic E-state index is 12.4. The van der Waals surface area contributed by atoms with Crippen LogP contribution in [0.2, 0.25) is 0 Å². The first-order valence-corrected chi connectivity index (χ1v) is 11.2. The van der Waals surface area contributed by atoms with Crippen molar-refractivity contribution in [3.63, 3.8) is 0 Å². The molecule has 2 aromatic heterocycles. The predicted octanol–water partition coefficient (Wildman–Crippen LogP) is 3.39. The number of aromatic nitrogens is 3. The van der Waals surface area contributed by atoms with Gasteiger partial charge in [0.2, 0.25) is 5.95 Å². The first kappa shape index (κ1) is 21.5. The zero-order chi connectivity index (χ0) is 21.6. The normalized spacial score (nSPS) is 13.9. The Morgan fingerprint density at radius 2 is 2.10 bits per heavy atom. The van der Waals surface area contributed by atoms with E-state index < -0.39 is 5.97 Å². The molecule has 9 nitrogen and oxygen atoms in total. The number of carbonyl (C=O) groups is 1. The number of thiocarbonyl (C=S) groups is 1. The van der Waals surface area contributed by atoms with E-state index in [4.69, 9.17) is 26.1 Å². The first-order valence-electron chi connectivity index (χ1n) is 9.79. The lowest BCUT2D eigenvalue weighted by molar-refractivity contribution is 0.0524. The lowest BCUT2D eigenvalue weighted by atomic mass is 10.2. The highest BCUT2D eigenvalue weighted by molar-refractivity contribution is 8.22. The van der Waals surface area contributed by atoms with Crippen molar-refractivity contribution >= 4 is 57.3 Å². The number of carbonyl (C=O) groups excluding carboxylic acids is 1. The van der Waals surface area contributed by atoms with E-state index >= 15 is 0 Å². The highest BCUT2D eigenvalue weighted by Crippen LogP contribution is 2.23. The number of thioether (sulfide) groups is 1. The predicted molar refractivity (Wildman–Crippen MR) is 122 cm³/mol. The third kappa shape index (κ3) is 5.30. The van der Waals surface area contributed by atoms with Crippen molar-refractivity contribution in [2.24, 2.45) is 0 Å². The van der Waals surface area contributed by atoms with Gasteiger partial charge in [0, 0.05) is 25.0 Å². The Hall–Kier alpha value is -2.76. The Balaban J connectivity index is 1.53. The molecule has 1 N–H and O–H groups in total. The molecule has 0 spiro atoms. The number of para-hydroxylation sites is 2. The molecule has 3 aromatic rings. The Labute approximate surface area is 188 Å². The number of anilines is 2. The van der Waals surface area contributed by atoms with Crippen molar-refractivity contribution in [1.29, 1.82) is 0 Å². The molecule has 11 heteroatoms. The zero-order valence-corrected chi connectivity index (χ0v) is 18.5. The Morgan fingerprint density at radius 1 is 1.29 bits per heavy atom. The number of rotatable bonds is 6. The van der Waals surface area contributed by atoms with Crippen LogP contribution < -0.4 is 5.32 Å². The van der Waals surface area contributed by atoms with Crippen molar-refractivity contribution in [3.05, 3.63) is 41.7 Å². The van der Waals surface area contributed by atoms with Crippen LogP contribution in [-0.4, -0.2) is 63.1 Å². The number of morpholine rings is 1. The quantitative estimate of drug-likeness (QED) is 0.433. The van der Waals surface area contributed by atoms with Gasteiger partial charge in [-0.25, -0.2) is 14.8 Å². The molecule has 1 fully saturated rings. The number of oxazole rings is 1. The molecule has 1 saturated heterocycles. The summed E-state index contributed by atoms with van der Waals surface area (Å²) in [5.74, 6) is 0.200. The van der Waals surface area contributed by atoms with Crippen LogP contribution in [0.25, 0.3) is 11.1 Å². The molecule has 0 amide bonds. The average molecular weight is 460 g/mol. The van der Waals surface area contributed by atoms with E-state index in [1.165, 1.54) is 18.0 Å². The van der Waals surface area contributed by atoms with E-state index in [0.717, 1.165) is 22.9 Å². The molecule has 0 bridgehead atoms. The van der Waals surface area contributed by atoms with Crippen LogP contribution in [0.4, 0.5) is 12.0 Å². The summed E-state index contributed by atoms with van der Waals surface area (Å²) in [4.78, 5) is 27.6. The van der Waals surface area contributed by atoms with E-state index in [1.807, 2.05) is 24.3 Å². The molecule has 0 saturated carbocycles. The van der Waals surface area contributed by atoms with Gasteiger partial charge in [-0.2, -0.15) is 4.98 Å². The summed E-state index contributed by atoms with van der Waals surface area (Å²) in [5.41, 5.74) is 2.20. The third-order valence-corrected chi connectivity index (χ3v) is 6.01. The molecule has 0 atom stereocenters. The van der Waals surface area contributed by atoms with Gasteiger partial charge < -0.3 is 18.8 Å². The van der Waals surface area contributed by atoms with Gasteiger partial charge in [-0.3, -0.25) is 5.32 Å². The minimum atomic E-state index is -0.469. The molecule has 1 aliphatic heterocycles. The maximum Gasteiger partial charge on any atom is 0.341 e.